The molecule has 0 bridgehead atoms. The van der Waals surface area contributed by atoms with Crippen LogP contribution in [-0.2, 0) is 4.74 Å². The Labute approximate surface area is 167 Å². The van der Waals surface area contributed by atoms with E-state index < -0.39 is 0 Å². The molecule has 144 valence electrons. The first-order valence-electron chi connectivity index (χ1n) is 8.99. The number of carbonyl (C=O) groups is 1. The van der Waals surface area contributed by atoms with Gasteiger partial charge in [0.1, 0.15) is 25.0 Å². The van der Waals surface area contributed by atoms with E-state index in [0.29, 0.717) is 34.3 Å². The number of ether oxygens (including phenoxy) is 2. The van der Waals surface area contributed by atoms with Crippen molar-refractivity contribution in [3.8, 4) is 11.4 Å². The van der Waals surface area contributed by atoms with Crippen LogP contribution in [0.2, 0.25) is 5.02 Å². The van der Waals surface area contributed by atoms with Gasteiger partial charge in [-0.1, -0.05) is 11.6 Å². The summed E-state index contributed by atoms with van der Waals surface area (Å²) >= 11 is 6.09. The first-order valence-corrected chi connectivity index (χ1v) is 9.37. The predicted molar refractivity (Wildman–Crippen MR) is 105 cm³/mol. The van der Waals surface area contributed by atoms with E-state index in [1.54, 1.807) is 53.5 Å². The fourth-order valence-electron chi connectivity index (χ4n) is 3.00. The summed E-state index contributed by atoms with van der Waals surface area (Å²) in [4.78, 5) is 16.6. The average molecular weight is 399 g/mol. The lowest BCUT2D eigenvalue weighted by molar-refractivity contribution is 0.0679. The summed E-state index contributed by atoms with van der Waals surface area (Å²) in [7, 11) is 0. The molecule has 0 radical (unpaired) electrons. The van der Waals surface area contributed by atoms with E-state index in [0.717, 1.165) is 19.4 Å². The Morgan fingerprint density at radius 3 is 2.86 bits per heavy atom. The largest absolute Gasteiger partial charge is 0.491 e. The van der Waals surface area contributed by atoms with Crippen molar-refractivity contribution >= 4 is 23.2 Å². The molecule has 1 aromatic heterocycles. The monoisotopic (exact) mass is 398 g/mol. The third kappa shape index (κ3) is 4.32. The van der Waals surface area contributed by atoms with Crippen LogP contribution in [0.5, 0.6) is 5.75 Å². The summed E-state index contributed by atoms with van der Waals surface area (Å²) in [5.41, 5.74) is 1.72. The van der Waals surface area contributed by atoms with Crippen molar-refractivity contribution in [3.05, 3.63) is 65.7 Å². The minimum atomic E-state index is -0.255. The maximum atomic E-state index is 12.7. The molecular formula is C20H19ClN4O3. The van der Waals surface area contributed by atoms with E-state index in [9.17, 15) is 4.79 Å². The number of carbonyl (C=O) groups excluding carboxylic acids is 1. The van der Waals surface area contributed by atoms with Gasteiger partial charge in [-0.05, 0) is 55.3 Å². The van der Waals surface area contributed by atoms with E-state index >= 15 is 0 Å². The molecule has 2 aromatic carbocycles. The van der Waals surface area contributed by atoms with Crippen LogP contribution in [0.4, 0.5) is 5.69 Å². The second kappa shape index (κ2) is 8.41. The van der Waals surface area contributed by atoms with Crippen LogP contribution in [0.25, 0.3) is 5.69 Å². The molecule has 1 amide bonds. The van der Waals surface area contributed by atoms with Crippen LogP contribution >= 0.6 is 11.6 Å². The van der Waals surface area contributed by atoms with Crippen LogP contribution < -0.4 is 10.1 Å². The smallest absolute Gasteiger partial charge is 0.255 e. The maximum Gasteiger partial charge on any atom is 0.255 e. The molecule has 8 heteroatoms. The van der Waals surface area contributed by atoms with Crippen LogP contribution in [-0.4, -0.2) is 40.0 Å². The molecule has 0 spiro atoms. The summed E-state index contributed by atoms with van der Waals surface area (Å²) in [6.45, 7) is 1.32. The van der Waals surface area contributed by atoms with Gasteiger partial charge >= 0.3 is 0 Å². The standard InChI is InChI=1S/C20H19ClN4O3/c21-15-5-8-19(25-13-22-12-23-25)18(10-15)24-20(26)14-3-6-16(7-4-14)28-11-17-2-1-9-27-17/h3-8,10,12-13,17H,1-2,9,11H2,(H,24,26)/t17-/m0/s1. The number of hydrogen-bond donors (Lipinski definition) is 1. The van der Waals surface area contributed by atoms with Gasteiger partial charge in [-0.3, -0.25) is 4.79 Å². The van der Waals surface area contributed by atoms with Gasteiger partial charge in [0.25, 0.3) is 5.91 Å². The van der Waals surface area contributed by atoms with Crippen LogP contribution in [0.15, 0.2) is 55.1 Å². The number of nitrogens with zero attached hydrogens (tertiary/aromatic N) is 3. The molecule has 4 rings (SSSR count). The molecule has 1 aliphatic rings. The number of halogens is 1. The molecule has 1 saturated heterocycles. The summed E-state index contributed by atoms with van der Waals surface area (Å²) in [6, 6.07) is 12.2. The van der Waals surface area contributed by atoms with Crippen LogP contribution in [0, 0.1) is 0 Å². The van der Waals surface area contributed by atoms with Crippen molar-refractivity contribution in [2.45, 2.75) is 18.9 Å². The normalized spacial score (nSPS) is 16.1. The van der Waals surface area contributed by atoms with E-state index in [4.69, 9.17) is 21.1 Å². The second-order valence-corrected chi connectivity index (χ2v) is 6.86. The summed E-state index contributed by atoms with van der Waals surface area (Å²) in [6.07, 6.45) is 5.23. The van der Waals surface area contributed by atoms with Crippen molar-refractivity contribution < 1.29 is 14.3 Å². The number of anilines is 1. The molecule has 0 aliphatic carbocycles. The fourth-order valence-corrected chi connectivity index (χ4v) is 3.17. The van der Waals surface area contributed by atoms with Gasteiger partial charge in [-0.25, -0.2) is 9.67 Å². The lowest BCUT2D eigenvalue weighted by Gasteiger charge is -2.13. The minimum absolute atomic E-state index is 0.154. The molecule has 1 fully saturated rings. The molecular weight excluding hydrogens is 380 g/mol. The zero-order valence-electron chi connectivity index (χ0n) is 15.0. The van der Waals surface area contributed by atoms with Gasteiger partial charge in [0.15, 0.2) is 0 Å². The Bertz CT molecular complexity index is 939. The van der Waals surface area contributed by atoms with Gasteiger partial charge in [0.2, 0.25) is 0 Å². The Morgan fingerprint density at radius 1 is 1.29 bits per heavy atom. The molecule has 1 aliphatic heterocycles. The van der Waals surface area contributed by atoms with Crippen molar-refractivity contribution in [2.24, 2.45) is 0 Å². The zero-order valence-corrected chi connectivity index (χ0v) is 15.8. The molecule has 1 N–H and O–H groups in total. The molecule has 1 atom stereocenters. The first kappa shape index (κ1) is 18.5. The number of aromatic nitrogens is 3. The van der Waals surface area contributed by atoms with Gasteiger partial charge in [0.05, 0.1) is 17.5 Å². The Morgan fingerprint density at radius 2 is 2.14 bits per heavy atom. The average Bonchev–Trinajstić information content (AvgIpc) is 3.41. The van der Waals surface area contributed by atoms with Crippen LogP contribution in [0.3, 0.4) is 0 Å². The topological polar surface area (TPSA) is 78.3 Å². The molecule has 0 unspecified atom stereocenters. The second-order valence-electron chi connectivity index (χ2n) is 6.43. The van der Waals surface area contributed by atoms with Gasteiger partial charge in [-0.15, -0.1) is 0 Å². The number of nitrogens with one attached hydrogen (secondary N) is 1. The van der Waals surface area contributed by atoms with E-state index in [1.807, 2.05) is 0 Å². The summed E-state index contributed by atoms with van der Waals surface area (Å²) in [5.74, 6) is 0.451. The van der Waals surface area contributed by atoms with Crippen molar-refractivity contribution in [1.29, 1.82) is 0 Å². The molecule has 3 aromatic rings. The lowest BCUT2D eigenvalue weighted by atomic mass is 10.2. The van der Waals surface area contributed by atoms with E-state index in [1.165, 1.54) is 6.33 Å². The quantitative estimate of drug-likeness (QED) is 0.684. The summed E-state index contributed by atoms with van der Waals surface area (Å²) < 4.78 is 12.8. The van der Waals surface area contributed by atoms with Gasteiger partial charge in [-0.2, -0.15) is 5.10 Å². The number of benzene rings is 2. The maximum absolute atomic E-state index is 12.7. The van der Waals surface area contributed by atoms with Crippen LogP contribution in [0.1, 0.15) is 23.2 Å². The highest BCUT2D eigenvalue weighted by molar-refractivity contribution is 6.31. The highest BCUT2D eigenvalue weighted by atomic mass is 35.5. The number of rotatable bonds is 6. The lowest BCUT2D eigenvalue weighted by Crippen LogP contribution is -2.16. The molecule has 28 heavy (non-hydrogen) atoms. The highest BCUT2D eigenvalue weighted by Gasteiger charge is 2.16. The zero-order chi connectivity index (χ0) is 19.3. The van der Waals surface area contributed by atoms with Crippen molar-refractivity contribution in [2.75, 3.05) is 18.5 Å². The third-order valence-corrected chi connectivity index (χ3v) is 4.68. The predicted octanol–water partition coefficient (Wildman–Crippen LogP) is 3.73. The molecule has 7 nitrogen and oxygen atoms in total. The third-order valence-electron chi connectivity index (χ3n) is 4.45. The Hall–Kier alpha value is -2.90. The van der Waals surface area contributed by atoms with Gasteiger partial charge < -0.3 is 14.8 Å². The fraction of sp³-hybridized carbons (Fsp3) is 0.250. The minimum Gasteiger partial charge on any atom is -0.491 e. The molecule has 2 heterocycles. The molecule has 0 saturated carbocycles. The van der Waals surface area contributed by atoms with E-state index in [2.05, 4.69) is 15.4 Å². The van der Waals surface area contributed by atoms with Gasteiger partial charge in [0, 0.05) is 17.2 Å². The Kier molecular flexibility index (Phi) is 5.55. The highest BCUT2D eigenvalue weighted by Crippen LogP contribution is 2.25. The van der Waals surface area contributed by atoms with Crippen molar-refractivity contribution in [1.82, 2.24) is 14.8 Å². The number of amides is 1. The SMILES string of the molecule is O=C(Nc1cc(Cl)ccc1-n1cncn1)c1ccc(OC[C@@H]2CCCO2)cc1. The summed E-state index contributed by atoms with van der Waals surface area (Å²) in [5, 5.41) is 7.50. The van der Waals surface area contributed by atoms with E-state index in [-0.39, 0.29) is 12.0 Å². The number of hydrogen-bond acceptors (Lipinski definition) is 5. The first-order chi connectivity index (χ1) is 13.7. The Balaban J connectivity index is 1.44. The van der Waals surface area contributed by atoms with Crippen molar-refractivity contribution in [3.63, 3.8) is 0 Å².